The van der Waals surface area contributed by atoms with Crippen molar-refractivity contribution in [2.24, 2.45) is 0 Å². The van der Waals surface area contributed by atoms with Crippen LogP contribution in [-0.4, -0.2) is 52.5 Å². The highest BCUT2D eigenvalue weighted by Crippen LogP contribution is 2.28. The van der Waals surface area contributed by atoms with E-state index in [0.29, 0.717) is 38.0 Å². The van der Waals surface area contributed by atoms with Gasteiger partial charge in [0.15, 0.2) is 12.7 Å². The molecule has 258 valence electrons. The normalized spacial score (nSPS) is 10.7. The minimum Gasteiger partial charge on any atom is -0.494 e. The minimum absolute atomic E-state index is 0.297. The van der Waals surface area contributed by atoms with Crippen LogP contribution in [0.2, 0.25) is 20.1 Å². The molecule has 9 nitrogen and oxygen atoms in total. The van der Waals surface area contributed by atoms with Crippen LogP contribution in [0.5, 0.6) is 17.2 Å². The molecule has 3 N–H and O–H groups in total. The standard InChI is InChI=1S/C17H26O3.C9H8Cl2O3.C8H6Cl2O3/c18-17(19)14-10-5-3-1-2-4-6-11-15-20-16-12-8-7-9-13-16;1-5(9(12)13)14-8-3-2-6(10)4-7(8)11;9-5-1-2-7(6(10)3-5)13-4-8(11)12/h7-9,12-13H,1-6,10-11,14-15H2,(H,18,19);2-5H,1H3,(H,12,13);1-3H,4H2,(H,11,12). The number of unbranched alkanes of at least 4 members (excludes halogenated alkanes) is 7. The highest BCUT2D eigenvalue weighted by Gasteiger charge is 2.14. The third kappa shape index (κ3) is 21.2. The molecule has 1 atom stereocenters. The first kappa shape index (κ1) is 41.7. The van der Waals surface area contributed by atoms with Crippen LogP contribution in [0.15, 0.2) is 66.7 Å². The summed E-state index contributed by atoms with van der Waals surface area (Å²) < 4.78 is 15.6. The summed E-state index contributed by atoms with van der Waals surface area (Å²) in [6, 6.07) is 19.1. The van der Waals surface area contributed by atoms with Crippen molar-refractivity contribution in [1.29, 1.82) is 0 Å². The van der Waals surface area contributed by atoms with E-state index in [-0.39, 0.29) is 0 Å². The Hall–Kier alpha value is -3.37. The quantitative estimate of drug-likeness (QED) is 0.109. The maximum atomic E-state index is 10.5. The Balaban J connectivity index is 0.000000364. The van der Waals surface area contributed by atoms with Crippen LogP contribution in [-0.2, 0) is 14.4 Å². The molecule has 0 amide bonds. The van der Waals surface area contributed by atoms with Gasteiger partial charge in [-0.05, 0) is 68.3 Å². The third-order valence-corrected chi connectivity index (χ3v) is 7.15. The molecule has 0 aromatic heterocycles. The Labute approximate surface area is 295 Å². The molecule has 13 heteroatoms. The topological polar surface area (TPSA) is 140 Å². The number of hydrogen-bond donors (Lipinski definition) is 3. The van der Waals surface area contributed by atoms with Gasteiger partial charge in [-0.25, -0.2) is 9.59 Å². The zero-order valence-electron chi connectivity index (χ0n) is 26.0. The maximum absolute atomic E-state index is 10.5. The Bertz CT molecular complexity index is 1360. The lowest BCUT2D eigenvalue weighted by atomic mass is 10.1. The second kappa shape index (κ2) is 24.8. The van der Waals surface area contributed by atoms with E-state index >= 15 is 0 Å². The van der Waals surface area contributed by atoms with Crippen LogP contribution in [0.3, 0.4) is 0 Å². The van der Waals surface area contributed by atoms with E-state index in [1.54, 1.807) is 12.1 Å². The fraction of sp³-hybridized carbons (Fsp3) is 0.382. The van der Waals surface area contributed by atoms with Gasteiger partial charge in [0.1, 0.15) is 17.2 Å². The van der Waals surface area contributed by atoms with E-state index < -0.39 is 30.6 Å². The number of aliphatic carboxylic acids is 3. The van der Waals surface area contributed by atoms with Gasteiger partial charge in [0, 0.05) is 16.5 Å². The number of halogens is 4. The molecule has 0 aliphatic rings. The Kier molecular flexibility index (Phi) is 21.9. The lowest BCUT2D eigenvalue weighted by Crippen LogP contribution is -2.22. The van der Waals surface area contributed by atoms with Gasteiger partial charge < -0.3 is 29.5 Å². The summed E-state index contributed by atoms with van der Waals surface area (Å²) in [6.07, 6.45) is 8.44. The van der Waals surface area contributed by atoms with Crippen molar-refractivity contribution in [1.82, 2.24) is 0 Å². The molecule has 47 heavy (non-hydrogen) atoms. The summed E-state index contributed by atoms with van der Waals surface area (Å²) in [4.78, 5) is 31.0. The van der Waals surface area contributed by atoms with Gasteiger partial charge >= 0.3 is 17.9 Å². The van der Waals surface area contributed by atoms with Crippen molar-refractivity contribution in [2.45, 2.75) is 70.8 Å². The zero-order valence-corrected chi connectivity index (χ0v) is 29.0. The lowest BCUT2D eigenvalue weighted by molar-refractivity contribution is -0.144. The van der Waals surface area contributed by atoms with Gasteiger partial charge in [-0.1, -0.05) is 103 Å². The number of para-hydroxylation sites is 1. The number of carboxylic acids is 3. The number of carbonyl (C=O) groups is 3. The smallest absolute Gasteiger partial charge is 0.344 e. The van der Waals surface area contributed by atoms with E-state index in [9.17, 15) is 14.4 Å². The number of hydrogen-bond acceptors (Lipinski definition) is 6. The second-order valence-corrected chi connectivity index (χ2v) is 11.8. The number of ether oxygens (including phenoxy) is 3. The van der Waals surface area contributed by atoms with Gasteiger partial charge in [0.25, 0.3) is 0 Å². The van der Waals surface area contributed by atoms with E-state index in [0.717, 1.165) is 38.0 Å². The molecule has 0 bridgehead atoms. The molecule has 0 saturated heterocycles. The summed E-state index contributed by atoms with van der Waals surface area (Å²) >= 11 is 22.8. The first-order chi connectivity index (χ1) is 22.4. The largest absolute Gasteiger partial charge is 0.494 e. The molecular formula is C34H40Cl4O9. The van der Waals surface area contributed by atoms with Crippen molar-refractivity contribution in [2.75, 3.05) is 13.2 Å². The molecule has 3 rings (SSSR count). The minimum atomic E-state index is -1.05. The molecule has 3 aromatic carbocycles. The highest BCUT2D eigenvalue weighted by atomic mass is 35.5. The maximum Gasteiger partial charge on any atom is 0.344 e. The molecule has 0 fully saturated rings. The van der Waals surface area contributed by atoms with Crippen molar-refractivity contribution in [3.05, 3.63) is 86.8 Å². The first-order valence-electron chi connectivity index (χ1n) is 14.9. The van der Waals surface area contributed by atoms with Crippen LogP contribution in [0, 0.1) is 0 Å². The summed E-state index contributed by atoms with van der Waals surface area (Å²) in [6.45, 7) is 1.80. The van der Waals surface area contributed by atoms with Crippen LogP contribution < -0.4 is 14.2 Å². The average Bonchev–Trinajstić information content (AvgIpc) is 3.01. The van der Waals surface area contributed by atoms with Gasteiger partial charge in [0.05, 0.1) is 16.7 Å². The Morgan fingerprint density at radius 2 is 1.15 bits per heavy atom. The summed E-state index contributed by atoms with van der Waals surface area (Å²) in [5, 5.41) is 27.0. The van der Waals surface area contributed by atoms with Crippen molar-refractivity contribution < 1.29 is 43.9 Å². The van der Waals surface area contributed by atoms with Gasteiger partial charge in [0.2, 0.25) is 0 Å². The monoisotopic (exact) mass is 732 g/mol. The first-order valence-corrected chi connectivity index (χ1v) is 16.4. The van der Waals surface area contributed by atoms with Crippen molar-refractivity contribution >= 4 is 64.3 Å². The predicted octanol–water partition coefficient (Wildman–Crippen LogP) is 9.96. The third-order valence-electron chi connectivity index (χ3n) is 6.09. The SMILES string of the molecule is CC(Oc1ccc(Cl)cc1Cl)C(=O)O.O=C(O)CCCCCCCCCCOc1ccccc1.O=C(O)COc1ccc(Cl)cc1Cl. The number of carboxylic acid groups (broad SMARTS) is 3. The van der Waals surface area contributed by atoms with Gasteiger partial charge in [-0.3, -0.25) is 4.79 Å². The van der Waals surface area contributed by atoms with Gasteiger partial charge in [-0.15, -0.1) is 0 Å². The van der Waals surface area contributed by atoms with E-state index in [1.807, 2.05) is 30.3 Å². The highest BCUT2D eigenvalue weighted by molar-refractivity contribution is 6.36. The fourth-order valence-corrected chi connectivity index (χ4v) is 4.61. The van der Waals surface area contributed by atoms with Crippen LogP contribution in [0.1, 0.15) is 64.7 Å². The van der Waals surface area contributed by atoms with Crippen molar-refractivity contribution in [3.63, 3.8) is 0 Å². The molecule has 0 spiro atoms. The molecule has 0 saturated carbocycles. The lowest BCUT2D eigenvalue weighted by Gasteiger charge is -2.11. The second-order valence-electron chi connectivity index (χ2n) is 10.1. The van der Waals surface area contributed by atoms with E-state index in [1.165, 1.54) is 56.9 Å². The summed E-state index contributed by atoms with van der Waals surface area (Å²) in [7, 11) is 0. The van der Waals surface area contributed by atoms with Crippen LogP contribution in [0.25, 0.3) is 0 Å². The molecule has 0 aliphatic carbocycles. The Morgan fingerprint density at radius 3 is 1.64 bits per heavy atom. The molecule has 0 heterocycles. The fourth-order valence-electron chi connectivity index (χ4n) is 3.69. The zero-order chi connectivity index (χ0) is 35.0. The number of benzene rings is 3. The van der Waals surface area contributed by atoms with Crippen LogP contribution >= 0.6 is 46.4 Å². The van der Waals surface area contributed by atoms with Crippen LogP contribution in [0.4, 0.5) is 0 Å². The average molecular weight is 734 g/mol. The molecule has 0 aliphatic heterocycles. The van der Waals surface area contributed by atoms with E-state index in [4.69, 9.17) is 75.9 Å². The molecule has 0 radical (unpaired) electrons. The summed E-state index contributed by atoms with van der Waals surface area (Å²) in [5.41, 5.74) is 0. The number of rotatable bonds is 18. The molecule has 1 unspecified atom stereocenters. The Morgan fingerprint density at radius 1 is 0.638 bits per heavy atom. The molecular weight excluding hydrogens is 694 g/mol. The molecule has 3 aromatic rings. The van der Waals surface area contributed by atoms with Crippen molar-refractivity contribution in [3.8, 4) is 17.2 Å². The summed E-state index contributed by atoms with van der Waals surface area (Å²) in [5.74, 6) is -1.20. The van der Waals surface area contributed by atoms with Gasteiger partial charge in [-0.2, -0.15) is 0 Å². The van der Waals surface area contributed by atoms with E-state index in [2.05, 4.69) is 0 Å². The predicted molar refractivity (Wildman–Crippen MR) is 185 cm³/mol.